The van der Waals surface area contributed by atoms with Crippen molar-refractivity contribution in [2.45, 2.75) is 37.6 Å². The Balaban J connectivity index is 1.37. The molecule has 1 heterocycles. The van der Waals surface area contributed by atoms with Crippen LogP contribution in [0.3, 0.4) is 0 Å². The molecule has 0 unspecified atom stereocenters. The van der Waals surface area contributed by atoms with E-state index in [-0.39, 0.29) is 30.1 Å². The minimum atomic E-state index is -0.909. The molecule has 1 aromatic carbocycles. The second kappa shape index (κ2) is 8.37. The van der Waals surface area contributed by atoms with Crippen LogP contribution in [0.25, 0.3) is 0 Å². The molecular weight excluding hydrogens is 367 g/mol. The number of rotatable bonds is 7. The molecule has 5 amide bonds. The minimum absolute atomic E-state index is 0.138. The summed E-state index contributed by atoms with van der Waals surface area (Å²) in [5, 5.41) is 10.5. The van der Waals surface area contributed by atoms with Crippen LogP contribution in [0.5, 0.6) is 0 Å². The number of carbonyl (C=O) groups excluding carboxylic acids is 4. The van der Waals surface area contributed by atoms with Gasteiger partial charge in [0.1, 0.15) is 11.4 Å². The molecule has 150 valence electrons. The lowest BCUT2D eigenvalue weighted by atomic mass is 9.87. The van der Waals surface area contributed by atoms with Gasteiger partial charge in [-0.3, -0.25) is 19.7 Å². The van der Waals surface area contributed by atoms with Gasteiger partial charge in [0.15, 0.2) is 0 Å². The molecule has 8 nitrogen and oxygen atoms in total. The molecule has 3 rings (SSSR count). The van der Waals surface area contributed by atoms with E-state index in [0.717, 1.165) is 12.8 Å². The number of imide groups is 1. The maximum atomic E-state index is 12.8. The lowest BCUT2D eigenvalue weighted by Crippen LogP contribution is -2.53. The number of benzene rings is 1. The van der Waals surface area contributed by atoms with E-state index in [1.807, 2.05) is 0 Å². The second-order valence-corrected chi connectivity index (χ2v) is 7.14. The Kier molecular flexibility index (Phi) is 5.91. The molecular formula is C19H23FN4O4. The fourth-order valence-electron chi connectivity index (χ4n) is 3.80. The van der Waals surface area contributed by atoms with Crippen LogP contribution in [-0.2, 0) is 9.59 Å². The Bertz CT molecular complexity index is 783. The standard InChI is InChI=1S/C19H23FN4O4/c20-14-7-5-12(6-8-14)16(26)21-10-2-4-15(25)22-11-13-3-1-9-19(13)17(27)23-18(28)24-19/h5-8,13H,1-4,9-11H2,(H,21,26)(H,22,25)(H2,23,24,27,28)/t13-,19-/m0/s1. The highest BCUT2D eigenvalue weighted by Crippen LogP contribution is 2.37. The summed E-state index contributed by atoms with van der Waals surface area (Å²) in [4.78, 5) is 47.5. The molecule has 1 spiro atoms. The summed E-state index contributed by atoms with van der Waals surface area (Å²) in [6.45, 7) is 0.629. The first kappa shape index (κ1) is 19.8. The smallest absolute Gasteiger partial charge is 0.322 e. The normalized spacial score (nSPS) is 23.4. The summed E-state index contributed by atoms with van der Waals surface area (Å²) >= 11 is 0. The highest BCUT2D eigenvalue weighted by atomic mass is 19.1. The topological polar surface area (TPSA) is 116 Å². The maximum absolute atomic E-state index is 12.8. The fourth-order valence-corrected chi connectivity index (χ4v) is 3.80. The summed E-state index contributed by atoms with van der Waals surface area (Å²) in [5.74, 6) is -1.37. The molecule has 2 atom stereocenters. The third-order valence-electron chi connectivity index (χ3n) is 5.31. The maximum Gasteiger partial charge on any atom is 0.322 e. The second-order valence-electron chi connectivity index (χ2n) is 7.14. The molecule has 0 radical (unpaired) electrons. The first-order valence-corrected chi connectivity index (χ1v) is 9.35. The highest BCUT2D eigenvalue weighted by molar-refractivity contribution is 6.07. The van der Waals surface area contributed by atoms with Gasteiger partial charge in [-0.05, 0) is 43.5 Å². The molecule has 1 aromatic rings. The molecule has 2 fully saturated rings. The van der Waals surface area contributed by atoms with Gasteiger partial charge in [-0.2, -0.15) is 0 Å². The van der Waals surface area contributed by atoms with E-state index in [9.17, 15) is 23.6 Å². The number of amides is 5. The van der Waals surface area contributed by atoms with Gasteiger partial charge in [0, 0.05) is 31.0 Å². The van der Waals surface area contributed by atoms with Crippen molar-refractivity contribution in [3.63, 3.8) is 0 Å². The van der Waals surface area contributed by atoms with Crippen molar-refractivity contribution in [1.29, 1.82) is 0 Å². The quantitative estimate of drug-likeness (QED) is 0.408. The lowest BCUT2D eigenvalue weighted by Gasteiger charge is -2.28. The van der Waals surface area contributed by atoms with E-state index in [4.69, 9.17) is 0 Å². The Morgan fingerprint density at radius 3 is 2.61 bits per heavy atom. The average molecular weight is 390 g/mol. The number of hydrogen-bond donors (Lipinski definition) is 4. The van der Waals surface area contributed by atoms with Crippen LogP contribution in [0.15, 0.2) is 24.3 Å². The summed E-state index contributed by atoms with van der Waals surface area (Å²) in [5.41, 5.74) is -0.553. The first-order chi connectivity index (χ1) is 13.4. The van der Waals surface area contributed by atoms with E-state index in [0.29, 0.717) is 31.5 Å². The van der Waals surface area contributed by atoms with Crippen molar-refractivity contribution >= 4 is 23.8 Å². The van der Waals surface area contributed by atoms with Crippen molar-refractivity contribution < 1.29 is 23.6 Å². The molecule has 1 saturated heterocycles. The lowest BCUT2D eigenvalue weighted by molar-refractivity contribution is -0.126. The first-order valence-electron chi connectivity index (χ1n) is 9.35. The zero-order valence-corrected chi connectivity index (χ0v) is 15.3. The van der Waals surface area contributed by atoms with Crippen molar-refractivity contribution in [3.05, 3.63) is 35.6 Å². The number of carbonyl (C=O) groups is 4. The highest BCUT2D eigenvalue weighted by Gasteiger charge is 2.54. The number of halogens is 1. The Morgan fingerprint density at radius 1 is 1.18 bits per heavy atom. The molecule has 9 heteroatoms. The van der Waals surface area contributed by atoms with Crippen molar-refractivity contribution in [2.75, 3.05) is 13.1 Å². The van der Waals surface area contributed by atoms with Crippen LogP contribution in [-0.4, -0.2) is 42.4 Å². The van der Waals surface area contributed by atoms with Gasteiger partial charge in [-0.25, -0.2) is 9.18 Å². The SMILES string of the molecule is O=C(CCCNC(=O)c1ccc(F)cc1)NC[C@@H]1CCC[C@]12NC(=O)NC2=O. The Morgan fingerprint density at radius 2 is 1.93 bits per heavy atom. The molecule has 1 aliphatic heterocycles. The largest absolute Gasteiger partial charge is 0.356 e. The van der Waals surface area contributed by atoms with Gasteiger partial charge >= 0.3 is 6.03 Å². The van der Waals surface area contributed by atoms with Crippen LogP contribution in [0, 0.1) is 11.7 Å². The monoisotopic (exact) mass is 390 g/mol. The summed E-state index contributed by atoms with van der Waals surface area (Å²) in [6, 6.07) is 4.73. The van der Waals surface area contributed by atoms with Crippen molar-refractivity contribution in [2.24, 2.45) is 5.92 Å². The molecule has 1 aliphatic carbocycles. The zero-order valence-electron chi connectivity index (χ0n) is 15.3. The van der Waals surface area contributed by atoms with Gasteiger partial charge in [0.2, 0.25) is 5.91 Å². The Labute approximate surface area is 161 Å². The van der Waals surface area contributed by atoms with Crippen LogP contribution in [0.4, 0.5) is 9.18 Å². The molecule has 2 aliphatic rings. The molecule has 0 aromatic heterocycles. The van der Waals surface area contributed by atoms with E-state index in [1.54, 1.807) is 0 Å². The molecule has 0 bridgehead atoms. The van der Waals surface area contributed by atoms with Gasteiger partial charge in [0.25, 0.3) is 11.8 Å². The van der Waals surface area contributed by atoms with Crippen LogP contribution >= 0.6 is 0 Å². The number of urea groups is 1. The summed E-state index contributed by atoms with van der Waals surface area (Å²) in [7, 11) is 0. The van der Waals surface area contributed by atoms with E-state index >= 15 is 0 Å². The Hall–Kier alpha value is -2.97. The van der Waals surface area contributed by atoms with E-state index in [1.165, 1.54) is 24.3 Å². The summed E-state index contributed by atoms with van der Waals surface area (Å²) in [6.07, 6.45) is 2.81. The average Bonchev–Trinajstić information content (AvgIpc) is 3.20. The van der Waals surface area contributed by atoms with Crippen LogP contribution in [0.1, 0.15) is 42.5 Å². The fraction of sp³-hybridized carbons (Fsp3) is 0.474. The van der Waals surface area contributed by atoms with Crippen LogP contribution in [0.2, 0.25) is 0 Å². The third kappa shape index (κ3) is 4.29. The van der Waals surface area contributed by atoms with Crippen molar-refractivity contribution in [3.8, 4) is 0 Å². The number of nitrogens with one attached hydrogen (secondary N) is 4. The predicted molar refractivity (Wildman–Crippen MR) is 97.7 cm³/mol. The van der Waals surface area contributed by atoms with Gasteiger partial charge in [-0.1, -0.05) is 6.42 Å². The zero-order chi connectivity index (χ0) is 20.1. The van der Waals surface area contributed by atoms with Gasteiger partial charge in [-0.15, -0.1) is 0 Å². The minimum Gasteiger partial charge on any atom is -0.356 e. The third-order valence-corrected chi connectivity index (χ3v) is 5.31. The van der Waals surface area contributed by atoms with Crippen molar-refractivity contribution in [1.82, 2.24) is 21.3 Å². The van der Waals surface area contributed by atoms with Gasteiger partial charge < -0.3 is 16.0 Å². The van der Waals surface area contributed by atoms with E-state index < -0.39 is 17.4 Å². The molecule has 28 heavy (non-hydrogen) atoms. The predicted octanol–water partition coefficient (Wildman–Crippen LogP) is 0.830. The van der Waals surface area contributed by atoms with Crippen LogP contribution < -0.4 is 21.3 Å². The van der Waals surface area contributed by atoms with Gasteiger partial charge in [0.05, 0.1) is 0 Å². The number of hydrogen-bond acceptors (Lipinski definition) is 4. The summed E-state index contributed by atoms with van der Waals surface area (Å²) < 4.78 is 12.8. The van der Waals surface area contributed by atoms with E-state index in [2.05, 4.69) is 21.3 Å². The molecule has 1 saturated carbocycles. The molecule has 4 N–H and O–H groups in total.